The van der Waals surface area contributed by atoms with Crippen molar-refractivity contribution in [1.82, 2.24) is 4.90 Å². The van der Waals surface area contributed by atoms with Gasteiger partial charge in [-0.2, -0.15) is 0 Å². The summed E-state index contributed by atoms with van der Waals surface area (Å²) in [6.07, 6.45) is 6.15. The molecule has 0 spiro atoms. The van der Waals surface area contributed by atoms with Gasteiger partial charge >= 0.3 is 0 Å². The third-order valence-corrected chi connectivity index (χ3v) is 2.40. The van der Waals surface area contributed by atoms with E-state index >= 15 is 0 Å². The third kappa shape index (κ3) is 3.25. The molecule has 0 aliphatic rings. The van der Waals surface area contributed by atoms with Gasteiger partial charge in [0, 0.05) is 6.54 Å². The minimum absolute atomic E-state index is 0.0812. The second-order valence-electron chi connectivity index (χ2n) is 3.63. The van der Waals surface area contributed by atoms with Crippen molar-refractivity contribution in [2.75, 3.05) is 20.2 Å². The van der Waals surface area contributed by atoms with Crippen LogP contribution in [0.15, 0.2) is 24.3 Å². The number of carbonyl (C=O) groups excluding carboxylic acids is 1. The number of carbonyl (C=O) groups is 1. The Bertz CT molecular complexity index is 420. The number of ether oxygens (including phenoxy) is 1. The molecule has 3 heteroatoms. The lowest BCUT2D eigenvalue weighted by Gasteiger charge is -2.20. The average Bonchev–Trinajstić information content (AvgIpc) is 2.37. The maximum atomic E-state index is 12.3. The van der Waals surface area contributed by atoms with Crippen LogP contribution in [0.25, 0.3) is 0 Å². The first-order chi connectivity index (χ1) is 8.24. The summed E-state index contributed by atoms with van der Waals surface area (Å²) in [4.78, 5) is 13.9. The molecule has 1 rings (SSSR count). The van der Waals surface area contributed by atoms with E-state index in [4.69, 9.17) is 11.2 Å². The number of terminal acetylenes is 1. The highest BCUT2D eigenvalue weighted by Crippen LogP contribution is 2.19. The number of hydrogen-bond donors (Lipinski definition) is 0. The molecule has 0 N–H and O–H groups in total. The predicted octanol–water partition coefficient (Wildman–Crippen LogP) is 2.18. The lowest BCUT2D eigenvalue weighted by atomic mass is 10.1. The van der Waals surface area contributed by atoms with Crippen molar-refractivity contribution in [1.29, 1.82) is 0 Å². The van der Waals surface area contributed by atoms with E-state index in [0.717, 1.165) is 6.42 Å². The molecule has 1 aromatic carbocycles. The molecule has 0 aliphatic carbocycles. The van der Waals surface area contributed by atoms with Gasteiger partial charge in [0.15, 0.2) is 0 Å². The Kier molecular flexibility index (Phi) is 5.09. The van der Waals surface area contributed by atoms with Crippen LogP contribution in [0.4, 0.5) is 0 Å². The Morgan fingerprint density at radius 2 is 2.18 bits per heavy atom. The Labute approximate surface area is 102 Å². The molecule has 1 aromatic rings. The largest absolute Gasteiger partial charge is 0.496 e. The first-order valence-corrected chi connectivity index (χ1v) is 5.60. The summed E-state index contributed by atoms with van der Waals surface area (Å²) < 4.78 is 5.17. The van der Waals surface area contributed by atoms with Gasteiger partial charge in [-0.1, -0.05) is 25.0 Å². The zero-order chi connectivity index (χ0) is 12.7. The highest BCUT2D eigenvalue weighted by molar-refractivity contribution is 5.97. The molecular weight excluding hydrogens is 214 g/mol. The van der Waals surface area contributed by atoms with Crippen LogP contribution in [0.5, 0.6) is 5.75 Å². The van der Waals surface area contributed by atoms with Crippen LogP contribution in [0.3, 0.4) is 0 Å². The van der Waals surface area contributed by atoms with Gasteiger partial charge in [0.1, 0.15) is 5.75 Å². The fourth-order valence-corrected chi connectivity index (χ4v) is 1.62. The van der Waals surface area contributed by atoms with Gasteiger partial charge in [-0.05, 0) is 18.6 Å². The van der Waals surface area contributed by atoms with Gasteiger partial charge in [-0.3, -0.25) is 4.79 Å². The molecule has 0 saturated heterocycles. The van der Waals surface area contributed by atoms with E-state index in [1.165, 1.54) is 0 Å². The standard InChI is InChI=1S/C14H17NO2/c1-4-10-15(11-5-2)14(16)12-8-6-7-9-13(12)17-3/h1,6-9H,5,10-11H2,2-3H3. The lowest BCUT2D eigenvalue weighted by Crippen LogP contribution is -2.32. The van der Waals surface area contributed by atoms with Gasteiger partial charge < -0.3 is 9.64 Å². The van der Waals surface area contributed by atoms with Gasteiger partial charge in [-0.15, -0.1) is 6.42 Å². The summed E-state index contributed by atoms with van der Waals surface area (Å²) in [5, 5.41) is 0. The quantitative estimate of drug-likeness (QED) is 0.727. The highest BCUT2D eigenvalue weighted by atomic mass is 16.5. The molecule has 17 heavy (non-hydrogen) atoms. The molecule has 90 valence electrons. The summed E-state index contributed by atoms with van der Waals surface area (Å²) in [5.41, 5.74) is 0.554. The second kappa shape index (κ2) is 6.59. The Balaban J connectivity index is 2.97. The Morgan fingerprint density at radius 3 is 2.76 bits per heavy atom. The van der Waals surface area contributed by atoms with E-state index in [-0.39, 0.29) is 5.91 Å². The van der Waals surface area contributed by atoms with Crippen LogP contribution in [-0.4, -0.2) is 31.0 Å². The zero-order valence-corrected chi connectivity index (χ0v) is 10.3. The molecule has 0 saturated carbocycles. The minimum atomic E-state index is -0.0812. The second-order valence-corrected chi connectivity index (χ2v) is 3.63. The summed E-state index contributed by atoms with van der Waals surface area (Å²) in [5.74, 6) is 3.00. The number of nitrogens with zero attached hydrogens (tertiary/aromatic N) is 1. The van der Waals surface area contributed by atoms with Crippen molar-refractivity contribution >= 4 is 5.91 Å². The molecule has 0 atom stereocenters. The molecular formula is C14H17NO2. The number of hydrogen-bond acceptors (Lipinski definition) is 2. The fourth-order valence-electron chi connectivity index (χ4n) is 1.62. The van der Waals surface area contributed by atoms with E-state index < -0.39 is 0 Å². The van der Waals surface area contributed by atoms with Gasteiger partial charge in [0.05, 0.1) is 19.2 Å². The molecule has 0 unspecified atom stereocenters. The van der Waals surface area contributed by atoms with E-state index in [2.05, 4.69) is 5.92 Å². The monoisotopic (exact) mass is 231 g/mol. The van der Waals surface area contributed by atoms with Crippen LogP contribution in [0.1, 0.15) is 23.7 Å². The number of rotatable bonds is 5. The Hall–Kier alpha value is -1.95. The van der Waals surface area contributed by atoms with Crippen molar-refractivity contribution in [3.8, 4) is 18.1 Å². The van der Waals surface area contributed by atoms with Crippen LogP contribution in [0, 0.1) is 12.3 Å². The van der Waals surface area contributed by atoms with E-state index in [1.807, 2.05) is 19.1 Å². The molecule has 0 radical (unpaired) electrons. The Morgan fingerprint density at radius 1 is 1.47 bits per heavy atom. The maximum absolute atomic E-state index is 12.3. The third-order valence-electron chi connectivity index (χ3n) is 2.40. The zero-order valence-electron chi connectivity index (χ0n) is 10.3. The molecule has 0 bridgehead atoms. The predicted molar refractivity (Wildman–Crippen MR) is 68.0 cm³/mol. The van der Waals surface area contributed by atoms with Crippen molar-refractivity contribution in [3.63, 3.8) is 0 Å². The summed E-state index contributed by atoms with van der Waals surface area (Å²) in [6, 6.07) is 7.17. The van der Waals surface area contributed by atoms with Crippen LogP contribution >= 0.6 is 0 Å². The molecule has 0 aromatic heterocycles. The lowest BCUT2D eigenvalue weighted by molar-refractivity contribution is 0.0773. The SMILES string of the molecule is C#CCN(CCC)C(=O)c1ccccc1OC. The van der Waals surface area contributed by atoms with E-state index in [0.29, 0.717) is 24.4 Å². The molecule has 3 nitrogen and oxygen atoms in total. The van der Waals surface area contributed by atoms with Crippen molar-refractivity contribution < 1.29 is 9.53 Å². The molecule has 1 amide bonds. The fraction of sp³-hybridized carbons (Fsp3) is 0.357. The first-order valence-electron chi connectivity index (χ1n) is 5.60. The normalized spacial score (nSPS) is 9.47. The van der Waals surface area contributed by atoms with Gasteiger partial charge in [0.25, 0.3) is 5.91 Å². The summed E-state index contributed by atoms with van der Waals surface area (Å²) >= 11 is 0. The number of para-hydroxylation sites is 1. The van der Waals surface area contributed by atoms with Crippen molar-refractivity contribution in [3.05, 3.63) is 29.8 Å². The smallest absolute Gasteiger partial charge is 0.258 e. The van der Waals surface area contributed by atoms with Gasteiger partial charge in [-0.25, -0.2) is 0 Å². The van der Waals surface area contributed by atoms with Crippen molar-refractivity contribution in [2.24, 2.45) is 0 Å². The minimum Gasteiger partial charge on any atom is -0.496 e. The molecule has 0 aliphatic heterocycles. The summed E-state index contributed by atoms with van der Waals surface area (Å²) in [7, 11) is 1.55. The number of amides is 1. The van der Waals surface area contributed by atoms with E-state index in [1.54, 1.807) is 24.1 Å². The first kappa shape index (κ1) is 13.1. The maximum Gasteiger partial charge on any atom is 0.258 e. The van der Waals surface area contributed by atoms with E-state index in [9.17, 15) is 4.79 Å². The topological polar surface area (TPSA) is 29.5 Å². The molecule has 0 fully saturated rings. The highest BCUT2D eigenvalue weighted by Gasteiger charge is 2.17. The van der Waals surface area contributed by atoms with Crippen molar-refractivity contribution in [2.45, 2.75) is 13.3 Å². The average molecular weight is 231 g/mol. The van der Waals surface area contributed by atoms with Crippen LogP contribution in [-0.2, 0) is 0 Å². The molecule has 0 heterocycles. The summed E-state index contributed by atoms with van der Waals surface area (Å²) in [6.45, 7) is 2.99. The van der Waals surface area contributed by atoms with Gasteiger partial charge in [0.2, 0.25) is 0 Å². The van der Waals surface area contributed by atoms with Crippen LogP contribution in [0.2, 0.25) is 0 Å². The van der Waals surface area contributed by atoms with Crippen LogP contribution < -0.4 is 4.74 Å². The number of methoxy groups -OCH3 is 1. The number of benzene rings is 1.